The van der Waals surface area contributed by atoms with E-state index in [-0.39, 0.29) is 13.0 Å². The van der Waals surface area contributed by atoms with Crippen molar-refractivity contribution in [3.05, 3.63) is 18.2 Å². The molecule has 0 aliphatic carbocycles. The molecule has 0 amide bonds. The first-order chi connectivity index (χ1) is 8.69. The summed E-state index contributed by atoms with van der Waals surface area (Å²) in [6, 6.07) is 5.10. The Bertz CT molecular complexity index is 375. The van der Waals surface area contributed by atoms with Crippen molar-refractivity contribution in [2.24, 2.45) is 5.84 Å². The van der Waals surface area contributed by atoms with Gasteiger partial charge in [-0.15, -0.1) is 0 Å². The summed E-state index contributed by atoms with van der Waals surface area (Å²) in [5, 5.41) is 0. The summed E-state index contributed by atoms with van der Waals surface area (Å²) >= 11 is 0. The number of benzene rings is 1. The van der Waals surface area contributed by atoms with Crippen LogP contribution >= 0.6 is 0 Å². The molecule has 7 heteroatoms. The maximum absolute atomic E-state index is 11.0. The highest BCUT2D eigenvalue weighted by Gasteiger charge is 2.05. The van der Waals surface area contributed by atoms with Gasteiger partial charge in [-0.25, -0.2) is 5.84 Å². The summed E-state index contributed by atoms with van der Waals surface area (Å²) in [4.78, 5) is 15.3. The second-order valence-corrected chi connectivity index (χ2v) is 3.24. The van der Waals surface area contributed by atoms with Crippen LogP contribution < -0.4 is 25.6 Å². The van der Waals surface area contributed by atoms with Crippen molar-refractivity contribution in [3.63, 3.8) is 0 Å². The summed E-state index contributed by atoms with van der Waals surface area (Å²) in [5.41, 5.74) is 1.81. The molecule has 0 bridgehead atoms. The molecule has 100 valence electrons. The number of rotatable bonds is 7. The average Bonchev–Trinajstić information content (AvgIpc) is 2.38. The molecule has 7 nitrogen and oxygen atoms in total. The number of nitrogens with one attached hydrogen (secondary N) is 1. The van der Waals surface area contributed by atoms with E-state index in [2.05, 4.69) is 4.84 Å². The second-order valence-electron chi connectivity index (χ2n) is 3.24. The molecular weight excluding hydrogens is 240 g/mol. The molecule has 0 saturated carbocycles. The maximum Gasteiger partial charge on any atom is 0.329 e. The predicted molar refractivity (Wildman–Crippen MR) is 63.1 cm³/mol. The lowest BCUT2D eigenvalue weighted by Gasteiger charge is -2.09. The lowest BCUT2D eigenvalue weighted by molar-refractivity contribution is -0.151. The van der Waals surface area contributed by atoms with Crippen LogP contribution in [-0.2, 0) is 9.63 Å². The third-order valence-electron chi connectivity index (χ3n) is 2.07. The van der Waals surface area contributed by atoms with Crippen molar-refractivity contribution < 1.29 is 23.8 Å². The Kier molecular flexibility index (Phi) is 5.75. The third kappa shape index (κ3) is 4.48. The fourth-order valence-corrected chi connectivity index (χ4v) is 1.23. The minimum atomic E-state index is -0.507. The van der Waals surface area contributed by atoms with Gasteiger partial charge < -0.3 is 19.0 Å². The molecule has 0 fully saturated rings. The zero-order valence-corrected chi connectivity index (χ0v) is 10.3. The number of carbonyl (C=O) groups is 1. The number of nitrogens with two attached hydrogens (primary N) is 1. The number of ether oxygens (including phenoxy) is 3. The first kappa shape index (κ1) is 14.1. The van der Waals surface area contributed by atoms with Crippen LogP contribution in [0.3, 0.4) is 0 Å². The quantitative estimate of drug-likeness (QED) is 0.538. The molecule has 0 saturated heterocycles. The lowest BCUT2D eigenvalue weighted by Crippen LogP contribution is -2.26. The smallest absolute Gasteiger partial charge is 0.329 e. The first-order valence-electron chi connectivity index (χ1n) is 5.20. The highest BCUT2D eigenvalue weighted by molar-refractivity contribution is 5.69. The predicted octanol–water partition coefficient (Wildman–Crippen LogP) is 0.394. The normalized spacial score (nSPS) is 9.72. The van der Waals surface area contributed by atoms with E-state index in [9.17, 15) is 4.79 Å². The molecule has 0 unspecified atom stereocenters. The Labute approximate surface area is 105 Å². The molecule has 0 aliphatic rings. The fraction of sp³-hybridized carbons (Fsp3) is 0.364. The van der Waals surface area contributed by atoms with Gasteiger partial charge >= 0.3 is 5.97 Å². The van der Waals surface area contributed by atoms with Crippen LogP contribution in [0, 0.1) is 0 Å². The fourth-order valence-electron chi connectivity index (χ4n) is 1.23. The van der Waals surface area contributed by atoms with Crippen molar-refractivity contribution in [3.8, 4) is 17.2 Å². The van der Waals surface area contributed by atoms with Crippen LogP contribution in [0.4, 0.5) is 0 Å². The average molecular weight is 256 g/mol. The summed E-state index contributed by atoms with van der Waals surface area (Å²) in [5.74, 6) is 6.07. The van der Waals surface area contributed by atoms with Gasteiger partial charge in [0.1, 0.15) is 17.2 Å². The van der Waals surface area contributed by atoms with Gasteiger partial charge in [0.25, 0.3) is 0 Å². The van der Waals surface area contributed by atoms with Crippen LogP contribution in [0.25, 0.3) is 0 Å². The zero-order valence-electron chi connectivity index (χ0n) is 10.3. The lowest BCUT2D eigenvalue weighted by atomic mass is 10.3. The van der Waals surface area contributed by atoms with E-state index in [0.29, 0.717) is 17.2 Å². The number of carbonyl (C=O) groups excluding carboxylic acids is 1. The molecule has 1 aromatic rings. The monoisotopic (exact) mass is 256 g/mol. The van der Waals surface area contributed by atoms with Crippen LogP contribution in [-0.4, -0.2) is 26.8 Å². The van der Waals surface area contributed by atoms with E-state index in [1.807, 2.05) is 5.59 Å². The molecule has 0 atom stereocenters. The van der Waals surface area contributed by atoms with Crippen molar-refractivity contribution in [2.45, 2.75) is 6.42 Å². The second kappa shape index (κ2) is 7.36. The third-order valence-corrected chi connectivity index (χ3v) is 2.07. The Hall–Kier alpha value is -1.99. The Morgan fingerprint density at radius 3 is 2.22 bits per heavy atom. The number of hydrazine groups is 1. The molecule has 0 radical (unpaired) electrons. The standard InChI is InChI=1S/C11H16N2O5/c1-15-8-5-9(16-2)7-10(6-8)17-4-3-11(14)18-13-12/h5-7,13H,3-4,12H2,1-2H3. The zero-order chi connectivity index (χ0) is 13.4. The molecule has 0 aromatic heterocycles. The van der Waals surface area contributed by atoms with Crippen molar-refractivity contribution in [2.75, 3.05) is 20.8 Å². The largest absolute Gasteiger partial charge is 0.496 e. The minimum absolute atomic E-state index is 0.0731. The molecule has 1 rings (SSSR count). The number of hydrogen-bond acceptors (Lipinski definition) is 7. The summed E-state index contributed by atoms with van der Waals surface area (Å²) in [6.07, 6.45) is 0.0731. The topological polar surface area (TPSA) is 92.0 Å². The SMILES string of the molecule is COc1cc(OC)cc(OCCC(=O)ONN)c1. The van der Waals surface area contributed by atoms with Crippen LogP contribution in [0.2, 0.25) is 0 Å². The van der Waals surface area contributed by atoms with E-state index >= 15 is 0 Å². The van der Waals surface area contributed by atoms with Gasteiger partial charge in [-0.3, -0.25) is 4.79 Å². The Balaban J connectivity index is 2.53. The molecule has 0 spiro atoms. The highest BCUT2D eigenvalue weighted by atomic mass is 16.7. The summed E-state index contributed by atoms with van der Waals surface area (Å²) in [6.45, 7) is 0.164. The molecular formula is C11H16N2O5. The number of methoxy groups -OCH3 is 2. The molecule has 1 aromatic carbocycles. The Morgan fingerprint density at radius 2 is 1.72 bits per heavy atom. The van der Waals surface area contributed by atoms with Gasteiger partial charge in [0.05, 0.1) is 27.2 Å². The van der Waals surface area contributed by atoms with E-state index in [1.54, 1.807) is 32.4 Å². The van der Waals surface area contributed by atoms with E-state index in [4.69, 9.17) is 20.1 Å². The molecule has 18 heavy (non-hydrogen) atoms. The van der Waals surface area contributed by atoms with Gasteiger partial charge in [-0.1, -0.05) is 5.59 Å². The summed E-state index contributed by atoms with van der Waals surface area (Å²) in [7, 11) is 3.09. The van der Waals surface area contributed by atoms with Crippen molar-refractivity contribution >= 4 is 5.97 Å². The minimum Gasteiger partial charge on any atom is -0.496 e. The molecule has 0 heterocycles. The van der Waals surface area contributed by atoms with Gasteiger partial charge in [-0.2, -0.15) is 0 Å². The van der Waals surface area contributed by atoms with Gasteiger partial charge in [0, 0.05) is 18.2 Å². The highest BCUT2D eigenvalue weighted by Crippen LogP contribution is 2.27. The Morgan fingerprint density at radius 1 is 1.17 bits per heavy atom. The van der Waals surface area contributed by atoms with E-state index in [1.165, 1.54) is 0 Å². The maximum atomic E-state index is 11.0. The van der Waals surface area contributed by atoms with E-state index in [0.717, 1.165) is 0 Å². The van der Waals surface area contributed by atoms with Gasteiger partial charge in [0.15, 0.2) is 0 Å². The first-order valence-corrected chi connectivity index (χ1v) is 5.20. The van der Waals surface area contributed by atoms with Gasteiger partial charge in [0.2, 0.25) is 0 Å². The van der Waals surface area contributed by atoms with Crippen LogP contribution in [0.15, 0.2) is 18.2 Å². The van der Waals surface area contributed by atoms with E-state index < -0.39 is 5.97 Å². The molecule has 3 N–H and O–H groups in total. The van der Waals surface area contributed by atoms with Gasteiger partial charge in [-0.05, 0) is 0 Å². The van der Waals surface area contributed by atoms with Crippen LogP contribution in [0.1, 0.15) is 6.42 Å². The van der Waals surface area contributed by atoms with Crippen molar-refractivity contribution in [1.29, 1.82) is 0 Å². The van der Waals surface area contributed by atoms with Crippen LogP contribution in [0.5, 0.6) is 17.2 Å². The number of hydrogen-bond donors (Lipinski definition) is 2. The van der Waals surface area contributed by atoms with Crippen molar-refractivity contribution in [1.82, 2.24) is 5.59 Å². The molecule has 0 aliphatic heterocycles. The summed E-state index contributed by atoms with van der Waals surface area (Å²) < 4.78 is 15.5.